The van der Waals surface area contributed by atoms with Crippen LogP contribution < -0.4 is 0 Å². The van der Waals surface area contributed by atoms with Gasteiger partial charge in [0.1, 0.15) is 0 Å². The molecule has 0 radical (unpaired) electrons. The molecule has 0 spiro atoms. The Morgan fingerprint density at radius 3 is 2.31 bits per heavy atom. The lowest BCUT2D eigenvalue weighted by molar-refractivity contribution is 0.518. The van der Waals surface area contributed by atoms with E-state index in [0.717, 1.165) is 6.42 Å². The van der Waals surface area contributed by atoms with E-state index in [1.807, 2.05) is 0 Å². The minimum absolute atomic E-state index is 0.212. The van der Waals surface area contributed by atoms with Gasteiger partial charge in [-0.2, -0.15) is 0 Å². The van der Waals surface area contributed by atoms with E-state index in [0.29, 0.717) is 5.41 Å². The van der Waals surface area contributed by atoms with Crippen molar-refractivity contribution in [3.8, 4) is 0 Å². The summed E-state index contributed by atoms with van der Waals surface area (Å²) in [7, 11) is -0.212. The average Bonchev–Trinajstić information content (AvgIpc) is 2.32. The Labute approximate surface area is 83.6 Å². The van der Waals surface area contributed by atoms with Crippen LogP contribution in [0.3, 0.4) is 0 Å². The van der Waals surface area contributed by atoms with Crippen molar-refractivity contribution in [3.63, 3.8) is 0 Å². The second kappa shape index (κ2) is 3.75. The SMILES string of the molecule is C[Si](C)=CC1=CC(C(C)(C)C)=CC1. The maximum Gasteiger partial charge on any atom is 0.00358 e. The topological polar surface area (TPSA) is 0 Å². The van der Waals surface area contributed by atoms with Crippen molar-refractivity contribution >= 4 is 14.1 Å². The summed E-state index contributed by atoms with van der Waals surface area (Å²) in [6, 6.07) is 0. The Balaban J connectivity index is 2.77. The van der Waals surface area contributed by atoms with Gasteiger partial charge in [0.25, 0.3) is 0 Å². The monoisotopic (exact) mass is 192 g/mol. The van der Waals surface area contributed by atoms with Crippen LogP contribution in [0.1, 0.15) is 27.2 Å². The van der Waals surface area contributed by atoms with E-state index < -0.39 is 0 Å². The molecule has 0 fully saturated rings. The normalized spacial score (nSPS) is 16.7. The molecule has 1 aliphatic rings. The molecule has 13 heavy (non-hydrogen) atoms. The molecular formula is C12H20Si. The van der Waals surface area contributed by atoms with Gasteiger partial charge in [0.2, 0.25) is 0 Å². The average molecular weight is 192 g/mol. The predicted octanol–water partition coefficient (Wildman–Crippen LogP) is 3.43. The van der Waals surface area contributed by atoms with Gasteiger partial charge in [-0.15, -0.1) is 0 Å². The highest BCUT2D eigenvalue weighted by Gasteiger charge is 2.17. The second-order valence-electron chi connectivity index (χ2n) is 5.05. The summed E-state index contributed by atoms with van der Waals surface area (Å²) in [6.07, 6.45) is 5.90. The van der Waals surface area contributed by atoms with Gasteiger partial charge in [-0.25, -0.2) is 0 Å². The molecule has 0 amide bonds. The summed E-state index contributed by atoms with van der Waals surface area (Å²) < 4.78 is 0. The molecule has 0 saturated heterocycles. The van der Waals surface area contributed by atoms with Crippen molar-refractivity contribution in [3.05, 3.63) is 23.3 Å². The molecule has 0 bridgehead atoms. The Kier molecular flexibility index (Phi) is 3.07. The van der Waals surface area contributed by atoms with Crippen molar-refractivity contribution in [2.75, 3.05) is 0 Å². The fraction of sp³-hybridized carbons (Fsp3) is 0.583. The summed E-state index contributed by atoms with van der Waals surface area (Å²) in [5.74, 6) is 0. The van der Waals surface area contributed by atoms with E-state index >= 15 is 0 Å². The molecule has 1 aliphatic carbocycles. The highest BCUT2D eigenvalue weighted by atomic mass is 28.2. The molecular weight excluding hydrogens is 172 g/mol. The van der Waals surface area contributed by atoms with Crippen LogP contribution in [0.2, 0.25) is 13.1 Å². The van der Waals surface area contributed by atoms with E-state index in [4.69, 9.17) is 0 Å². The zero-order chi connectivity index (χ0) is 10.1. The van der Waals surface area contributed by atoms with Gasteiger partial charge in [0.05, 0.1) is 0 Å². The van der Waals surface area contributed by atoms with Crippen LogP contribution in [0, 0.1) is 5.41 Å². The van der Waals surface area contributed by atoms with Gasteiger partial charge in [0, 0.05) is 8.41 Å². The molecule has 72 valence electrons. The molecule has 0 aromatic rings. The minimum Gasteiger partial charge on any atom is -0.0788 e. The number of allylic oxidation sites excluding steroid dienone is 4. The predicted molar refractivity (Wildman–Crippen MR) is 63.8 cm³/mol. The number of hydrogen-bond donors (Lipinski definition) is 0. The number of hydrogen-bond acceptors (Lipinski definition) is 0. The smallest absolute Gasteiger partial charge is 0.00358 e. The third-order valence-corrected chi connectivity index (χ3v) is 3.19. The first kappa shape index (κ1) is 10.6. The van der Waals surface area contributed by atoms with E-state index in [1.54, 1.807) is 0 Å². The molecule has 1 rings (SSSR count). The standard InChI is InChI=1S/C12H20Si/c1-12(2,3)11-7-6-10(8-11)9-13(4)5/h7-9H,6H2,1-5H3. The van der Waals surface area contributed by atoms with Crippen LogP contribution in [0.4, 0.5) is 0 Å². The van der Waals surface area contributed by atoms with Crippen LogP contribution in [0.15, 0.2) is 23.3 Å². The molecule has 0 heterocycles. The maximum atomic E-state index is 2.46. The van der Waals surface area contributed by atoms with Gasteiger partial charge in [-0.05, 0) is 23.0 Å². The molecule has 1 heteroatoms. The first-order chi connectivity index (χ1) is 5.89. The largest absolute Gasteiger partial charge is 0.0788 e. The Bertz CT molecular complexity index is 281. The maximum absolute atomic E-state index is 2.46. The molecule has 0 saturated carbocycles. The summed E-state index contributed by atoms with van der Waals surface area (Å²) in [4.78, 5) is 0. The zero-order valence-electron chi connectivity index (χ0n) is 9.44. The molecule has 0 nitrogen and oxygen atoms in total. The van der Waals surface area contributed by atoms with E-state index in [-0.39, 0.29) is 8.41 Å². The lowest BCUT2D eigenvalue weighted by atomic mass is 9.87. The van der Waals surface area contributed by atoms with Gasteiger partial charge in [-0.3, -0.25) is 0 Å². The van der Waals surface area contributed by atoms with E-state index in [9.17, 15) is 0 Å². The third-order valence-electron chi connectivity index (χ3n) is 2.24. The number of rotatable bonds is 1. The van der Waals surface area contributed by atoms with Crippen LogP contribution >= 0.6 is 0 Å². The van der Waals surface area contributed by atoms with Gasteiger partial charge < -0.3 is 0 Å². The van der Waals surface area contributed by atoms with E-state index in [1.165, 1.54) is 11.1 Å². The van der Waals surface area contributed by atoms with Crippen LogP contribution in [0.5, 0.6) is 0 Å². The molecule has 0 aromatic heterocycles. The molecule has 0 unspecified atom stereocenters. The molecule has 0 atom stereocenters. The van der Waals surface area contributed by atoms with Gasteiger partial charge in [-0.1, -0.05) is 51.7 Å². The van der Waals surface area contributed by atoms with Crippen LogP contribution in [-0.4, -0.2) is 14.1 Å². The first-order valence-electron chi connectivity index (χ1n) is 4.96. The lowest BCUT2D eigenvalue weighted by Gasteiger charge is -2.18. The van der Waals surface area contributed by atoms with Crippen molar-refractivity contribution in [1.82, 2.24) is 0 Å². The zero-order valence-corrected chi connectivity index (χ0v) is 10.4. The van der Waals surface area contributed by atoms with Crippen LogP contribution in [-0.2, 0) is 0 Å². The molecule has 0 aromatic carbocycles. The fourth-order valence-corrected chi connectivity index (χ4v) is 2.48. The lowest BCUT2D eigenvalue weighted by Crippen LogP contribution is -2.06. The highest BCUT2D eigenvalue weighted by molar-refractivity contribution is 6.65. The molecule has 0 aliphatic heterocycles. The summed E-state index contributed by atoms with van der Waals surface area (Å²) in [6.45, 7) is 11.5. The Hall–Kier alpha value is -0.433. The second-order valence-corrected chi connectivity index (χ2v) is 7.50. The van der Waals surface area contributed by atoms with Crippen molar-refractivity contribution in [1.29, 1.82) is 0 Å². The third kappa shape index (κ3) is 3.07. The summed E-state index contributed by atoms with van der Waals surface area (Å²) in [5, 5.41) is 0. The minimum atomic E-state index is -0.212. The summed E-state index contributed by atoms with van der Waals surface area (Å²) in [5.41, 5.74) is 5.81. The quantitative estimate of drug-likeness (QED) is 0.558. The van der Waals surface area contributed by atoms with Crippen LogP contribution in [0.25, 0.3) is 0 Å². The van der Waals surface area contributed by atoms with Crippen molar-refractivity contribution in [2.24, 2.45) is 5.41 Å². The van der Waals surface area contributed by atoms with Gasteiger partial charge >= 0.3 is 0 Å². The summed E-state index contributed by atoms with van der Waals surface area (Å²) >= 11 is 0. The Morgan fingerprint density at radius 2 is 1.92 bits per heavy atom. The Morgan fingerprint density at radius 1 is 1.31 bits per heavy atom. The fourth-order valence-electron chi connectivity index (χ4n) is 1.54. The van der Waals surface area contributed by atoms with Gasteiger partial charge in [0.15, 0.2) is 0 Å². The van der Waals surface area contributed by atoms with E-state index in [2.05, 4.69) is 51.7 Å². The molecule has 0 N–H and O–H groups in total. The first-order valence-corrected chi connectivity index (χ1v) is 7.53. The van der Waals surface area contributed by atoms with Crippen molar-refractivity contribution < 1.29 is 0 Å². The highest BCUT2D eigenvalue weighted by Crippen LogP contribution is 2.31. The van der Waals surface area contributed by atoms with Crippen molar-refractivity contribution in [2.45, 2.75) is 40.3 Å².